The van der Waals surface area contributed by atoms with E-state index in [1.807, 2.05) is 58.4 Å². The lowest BCUT2D eigenvalue weighted by molar-refractivity contribution is -0.154. The second-order valence-electron chi connectivity index (χ2n) is 10.8. The molecule has 0 amide bonds. The lowest BCUT2D eigenvalue weighted by Gasteiger charge is -2.23. The fraction of sp³-hybridized carbons (Fsp3) is 0.429. The van der Waals surface area contributed by atoms with Gasteiger partial charge in [0.1, 0.15) is 28.7 Å². The molecule has 3 N–H and O–H groups in total. The Balaban J connectivity index is 1.73. The van der Waals surface area contributed by atoms with Crippen molar-refractivity contribution >= 4 is 23.2 Å². The van der Waals surface area contributed by atoms with Crippen LogP contribution in [-0.4, -0.2) is 32.9 Å². The summed E-state index contributed by atoms with van der Waals surface area (Å²) in [4.78, 5) is 16.1. The first-order valence-corrected chi connectivity index (χ1v) is 12.3. The predicted octanol–water partition coefficient (Wildman–Crippen LogP) is 5.79. The smallest absolute Gasteiger partial charge is 0.306 e. The maximum absolute atomic E-state index is 11.8. The van der Waals surface area contributed by atoms with Gasteiger partial charge in [0.2, 0.25) is 5.88 Å². The summed E-state index contributed by atoms with van der Waals surface area (Å²) in [5.74, 6) is 0.816. The number of carbonyl (C=O) groups is 1. The summed E-state index contributed by atoms with van der Waals surface area (Å²) in [7, 11) is 0. The van der Waals surface area contributed by atoms with Gasteiger partial charge < -0.3 is 20.5 Å². The number of unbranched alkanes of at least 4 members (excludes halogenated alkanes) is 1. The van der Waals surface area contributed by atoms with E-state index in [1.54, 1.807) is 30.5 Å². The quantitative estimate of drug-likeness (QED) is 0.213. The second kappa shape index (κ2) is 11.3. The Hall–Kier alpha value is -4.06. The average Bonchev–Trinajstić information content (AvgIpc) is 3.17. The van der Waals surface area contributed by atoms with Crippen molar-refractivity contribution < 1.29 is 14.3 Å². The van der Waals surface area contributed by atoms with Crippen molar-refractivity contribution in [1.29, 1.82) is 5.26 Å². The third-order valence-corrected chi connectivity index (χ3v) is 5.26. The molecule has 0 aliphatic carbocycles. The topological polar surface area (TPSA) is 128 Å². The van der Waals surface area contributed by atoms with Gasteiger partial charge in [0, 0.05) is 35.6 Å². The Morgan fingerprint density at radius 3 is 2.43 bits per heavy atom. The van der Waals surface area contributed by atoms with Gasteiger partial charge in [-0.3, -0.25) is 4.79 Å². The number of nitrogens with two attached hydrogens (primary N) is 1. The van der Waals surface area contributed by atoms with Gasteiger partial charge in [0.25, 0.3) is 0 Å². The minimum atomic E-state index is -0.478. The standard InChI is InChI=1S/C28H36N6O3/c1-27(2,3)34-26(22(18-29)25(33-34)19-10-12-20(30)13-11-19)32-21-14-15-31-23(17-21)36-16-8-7-9-24(35)37-28(4,5)6/h10-15,17H,7-9,16,30H2,1-6H3,(H,31,32). The molecule has 2 aromatic heterocycles. The molecule has 0 spiro atoms. The molecule has 0 aliphatic heterocycles. The minimum Gasteiger partial charge on any atom is -0.478 e. The van der Waals surface area contributed by atoms with Crippen LogP contribution in [0.2, 0.25) is 0 Å². The second-order valence-corrected chi connectivity index (χ2v) is 10.8. The van der Waals surface area contributed by atoms with Crippen LogP contribution in [0.4, 0.5) is 17.2 Å². The number of pyridine rings is 1. The number of anilines is 3. The summed E-state index contributed by atoms with van der Waals surface area (Å²) < 4.78 is 12.9. The van der Waals surface area contributed by atoms with E-state index in [0.29, 0.717) is 60.2 Å². The molecular weight excluding hydrogens is 468 g/mol. The maximum atomic E-state index is 11.8. The minimum absolute atomic E-state index is 0.209. The van der Waals surface area contributed by atoms with Crippen LogP contribution in [0.15, 0.2) is 42.6 Å². The van der Waals surface area contributed by atoms with E-state index in [-0.39, 0.29) is 11.5 Å². The van der Waals surface area contributed by atoms with Gasteiger partial charge in [-0.2, -0.15) is 10.4 Å². The molecule has 9 nitrogen and oxygen atoms in total. The van der Waals surface area contributed by atoms with Crippen LogP contribution in [0, 0.1) is 11.3 Å². The SMILES string of the molecule is CC(C)(C)OC(=O)CCCCOc1cc(Nc2c(C#N)c(-c3ccc(N)cc3)nn2C(C)(C)C)ccn1. The fourth-order valence-corrected chi connectivity index (χ4v) is 3.61. The molecule has 2 heterocycles. The largest absolute Gasteiger partial charge is 0.478 e. The highest BCUT2D eigenvalue weighted by atomic mass is 16.6. The van der Waals surface area contributed by atoms with Gasteiger partial charge in [-0.25, -0.2) is 9.67 Å². The van der Waals surface area contributed by atoms with Crippen LogP contribution < -0.4 is 15.8 Å². The zero-order valence-corrected chi connectivity index (χ0v) is 22.5. The van der Waals surface area contributed by atoms with Gasteiger partial charge in [-0.1, -0.05) is 12.1 Å². The Labute approximate surface area is 218 Å². The number of nitrogens with one attached hydrogen (secondary N) is 1. The van der Waals surface area contributed by atoms with E-state index in [1.165, 1.54) is 0 Å². The molecule has 9 heteroatoms. The van der Waals surface area contributed by atoms with Crippen molar-refractivity contribution in [2.75, 3.05) is 17.7 Å². The molecule has 196 valence electrons. The molecule has 0 radical (unpaired) electrons. The molecule has 1 aromatic carbocycles. The number of hydrogen-bond acceptors (Lipinski definition) is 8. The van der Waals surface area contributed by atoms with E-state index < -0.39 is 5.60 Å². The van der Waals surface area contributed by atoms with E-state index in [0.717, 1.165) is 5.56 Å². The number of ether oxygens (including phenoxy) is 2. The summed E-state index contributed by atoms with van der Waals surface area (Å²) >= 11 is 0. The summed E-state index contributed by atoms with van der Waals surface area (Å²) in [6, 6.07) is 13.2. The lowest BCUT2D eigenvalue weighted by atomic mass is 10.1. The van der Waals surface area contributed by atoms with Crippen LogP contribution in [0.1, 0.15) is 66.4 Å². The molecular formula is C28H36N6O3. The van der Waals surface area contributed by atoms with E-state index in [4.69, 9.17) is 20.3 Å². The van der Waals surface area contributed by atoms with Crippen LogP contribution in [0.5, 0.6) is 5.88 Å². The average molecular weight is 505 g/mol. The molecule has 0 saturated heterocycles. The molecule has 0 fully saturated rings. The number of esters is 1. The van der Waals surface area contributed by atoms with Crippen LogP contribution in [0.25, 0.3) is 11.3 Å². The summed E-state index contributed by atoms with van der Waals surface area (Å²) in [5.41, 5.74) is 8.15. The zero-order valence-electron chi connectivity index (χ0n) is 22.5. The Morgan fingerprint density at radius 2 is 1.81 bits per heavy atom. The normalized spacial score (nSPS) is 11.6. The first kappa shape index (κ1) is 27.5. The van der Waals surface area contributed by atoms with Crippen molar-refractivity contribution in [2.45, 2.75) is 71.9 Å². The predicted molar refractivity (Wildman–Crippen MR) is 144 cm³/mol. The van der Waals surface area contributed by atoms with Crippen molar-refractivity contribution in [3.05, 3.63) is 48.2 Å². The third-order valence-electron chi connectivity index (χ3n) is 5.26. The van der Waals surface area contributed by atoms with Crippen LogP contribution in [0.3, 0.4) is 0 Å². The lowest BCUT2D eigenvalue weighted by Crippen LogP contribution is -2.24. The van der Waals surface area contributed by atoms with Gasteiger partial charge in [0.05, 0.1) is 12.1 Å². The molecule has 0 bridgehead atoms. The third kappa shape index (κ3) is 7.71. The maximum Gasteiger partial charge on any atom is 0.306 e. The highest BCUT2D eigenvalue weighted by Crippen LogP contribution is 2.34. The molecule has 3 rings (SSSR count). The Kier molecular flexibility index (Phi) is 8.43. The molecule has 37 heavy (non-hydrogen) atoms. The van der Waals surface area contributed by atoms with Gasteiger partial charge in [-0.15, -0.1) is 0 Å². The number of carbonyl (C=O) groups excluding carboxylic acids is 1. The molecule has 0 atom stereocenters. The van der Waals surface area contributed by atoms with E-state index >= 15 is 0 Å². The monoisotopic (exact) mass is 504 g/mol. The number of rotatable bonds is 9. The Bertz CT molecular complexity index is 1260. The van der Waals surface area contributed by atoms with E-state index in [9.17, 15) is 10.1 Å². The number of nitrogens with zero attached hydrogens (tertiary/aromatic N) is 4. The van der Waals surface area contributed by atoms with E-state index in [2.05, 4.69) is 16.4 Å². The number of nitriles is 1. The summed E-state index contributed by atoms with van der Waals surface area (Å²) in [6.45, 7) is 12.1. The number of hydrogen-bond donors (Lipinski definition) is 2. The number of nitrogen functional groups attached to an aromatic ring is 1. The van der Waals surface area contributed by atoms with Gasteiger partial charge in [0.15, 0.2) is 0 Å². The Morgan fingerprint density at radius 1 is 1.11 bits per heavy atom. The first-order chi connectivity index (χ1) is 17.4. The molecule has 0 saturated carbocycles. The molecule has 0 unspecified atom stereocenters. The van der Waals surface area contributed by atoms with Gasteiger partial charge in [-0.05, 0) is 72.6 Å². The molecule has 3 aromatic rings. The number of benzene rings is 1. The summed E-state index contributed by atoms with van der Waals surface area (Å²) in [6.07, 6.45) is 3.35. The van der Waals surface area contributed by atoms with Crippen LogP contribution >= 0.6 is 0 Å². The van der Waals surface area contributed by atoms with Gasteiger partial charge >= 0.3 is 5.97 Å². The van der Waals surface area contributed by atoms with Crippen molar-refractivity contribution in [3.63, 3.8) is 0 Å². The zero-order chi connectivity index (χ0) is 27.2. The molecule has 0 aliphatic rings. The first-order valence-electron chi connectivity index (χ1n) is 12.3. The van der Waals surface area contributed by atoms with Crippen LogP contribution in [-0.2, 0) is 15.1 Å². The highest BCUT2D eigenvalue weighted by Gasteiger charge is 2.26. The fourth-order valence-electron chi connectivity index (χ4n) is 3.61. The van der Waals surface area contributed by atoms with Crippen molar-refractivity contribution in [1.82, 2.24) is 14.8 Å². The van der Waals surface area contributed by atoms with Crippen molar-refractivity contribution in [2.24, 2.45) is 0 Å². The number of aromatic nitrogens is 3. The van der Waals surface area contributed by atoms with Crippen molar-refractivity contribution in [3.8, 4) is 23.2 Å². The summed E-state index contributed by atoms with van der Waals surface area (Å²) in [5, 5.41) is 18.2. The highest BCUT2D eigenvalue weighted by molar-refractivity contribution is 5.77.